The van der Waals surface area contributed by atoms with E-state index in [2.05, 4.69) is 10.2 Å². The van der Waals surface area contributed by atoms with Gasteiger partial charge in [0.15, 0.2) is 0 Å². The number of carbonyl (C=O) groups excluding carboxylic acids is 1. The van der Waals surface area contributed by atoms with Crippen LogP contribution in [0.1, 0.15) is 18.2 Å². The average molecular weight is 457 g/mol. The number of hydroxylamine groups is 1. The van der Waals surface area contributed by atoms with Crippen molar-refractivity contribution in [2.75, 3.05) is 11.3 Å². The van der Waals surface area contributed by atoms with Gasteiger partial charge >= 0.3 is 0 Å². The van der Waals surface area contributed by atoms with E-state index < -0.39 is 33.5 Å². The first-order valence-electron chi connectivity index (χ1n) is 8.54. The molecule has 0 saturated carbocycles. The predicted molar refractivity (Wildman–Crippen MR) is 112 cm³/mol. The minimum Gasteiger partial charge on any atom is -0.368 e. The van der Waals surface area contributed by atoms with Crippen LogP contribution in [0.3, 0.4) is 0 Å². The van der Waals surface area contributed by atoms with Gasteiger partial charge in [-0.3, -0.25) is 29.1 Å². The van der Waals surface area contributed by atoms with E-state index in [-0.39, 0.29) is 28.6 Å². The number of rotatable bonds is 9. The van der Waals surface area contributed by atoms with Crippen LogP contribution >= 0.6 is 11.6 Å². The highest BCUT2D eigenvalue weighted by Crippen LogP contribution is 2.19. The number of guanidine groups is 1. The number of benzene rings is 1. The Hall–Kier alpha value is -3.09. The highest BCUT2D eigenvalue weighted by molar-refractivity contribution is 7.92. The number of nitrogens with zero attached hydrogens (tertiary/aromatic N) is 1. The van der Waals surface area contributed by atoms with Gasteiger partial charge in [0.05, 0.1) is 11.5 Å². The number of pyridine rings is 1. The summed E-state index contributed by atoms with van der Waals surface area (Å²) < 4.78 is 28.5. The molecule has 2 rings (SSSR count). The molecular formula is C17H21ClN6O5S. The normalized spacial score (nSPS) is 12.2. The van der Waals surface area contributed by atoms with E-state index in [0.717, 1.165) is 4.57 Å². The molecule has 162 valence electrons. The quantitative estimate of drug-likeness (QED) is 0.157. The van der Waals surface area contributed by atoms with Gasteiger partial charge < -0.3 is 11.5 Å². The summed E-state index contributed by atoms with van der Waals surface area (Å²) >= 11 is 5.84. The molecule has 11 nitrogen and oxygen atoms in total. The fraction of sp³-hybridized carbons (Fsp3) is 0.235. The number of aromatic nitrogens is 1. The van der Waals surface area contributed by atoms with Crippen LogP contribution in [-0.4, -0.2) is 31.5 Å². The minimum atomic E-state index is -4.10. The topological polar surface area (TPSA) is 182 Å². The molecule has 1 heterocycles. The van der Waals surface area contributed by atoms with Crippen LogP contribution in [0.2, 0.25) is 5.02 Å². The number of halogens is 1. The van der Waals surface area contributed by atoms with Gasteiger partial charge in [-0.1, -0.05) is 17.7 Å². The van der Waals surface area contributed by atoms with Crippen LogP contribution in [0.4, 0.5) is 5.69 Å². The molecule has 0 bridgehead atoms. The smallest absolute Gasteiger partial charge is 0.275 e. The van der Waals surface area contributed by atoms with Crippen LogP contribution in [0.15, 0.2) is 46.1 Å². The second-order valence-electron chi connectivity index (χ2n) is 6.20. The summed E-state index contributed by atoms with van der Waals surface area (Å²) in [6.07, 6.45) is -0.0269. The maximum absolute atomic E-state index is 12.9. The number of nitrogens with two attached hydrogens (primary N) is 2. The number of primary amides is 1. The van der Waals surface area contributed by atoms with Gasteiger partial charge in [-0.2, -0.15) is 0 Å². The van der Waals surface area contributed by atoms with Crippen molar-refractivity contribution in [3.05, 3.63) is 57.5 Å². The van der Waals surface area contributed by atoms with Crippen LogP contribution in [0.5, 0.6) is 0 Å². The number of nitrogens with one attached hydrogen (secondary N) is 3. The Morgan fingerprint density at radius 1 is 1.30 bits per heavy atom. The van der Waals surface area contributed by atoms with E-state index in [4.69, 9.17) is 33.3 Å². The predicted octanol–water partition coefficient (Wildman–Crippen LogP) is 0.442. The van der Waals surface area contributed by atoms with Crippen molar-refractivity contribution in [3.8, 4) is 0 Å². The Morgan fingerprint density at radius 3 is 2.60 bits per heavy atom. The van der Waals surface area contributed by atoms with E-state index in [1.807, 2.05) is 0 Å². The molecule has 0 aliphatic heterocycles. The maximum Gasteiger partial charge on any atom is 0.275 e. The largest absolute Gasteiger partial charge is 0.368 e. The molecule has 0 fully saturated rings. The summed E-state index contributed by atoms with van der Waals surface area (Å²) in [6, 6.07) is 7.18. The van der Waals surface area contributed by atoms with E-state index in [1.54, 1.807) is 6.92 Å². The Labute approximate surface area is 177 Å². The molecule has 30 heavy (non-hydrogen) atoms. The third kappa shape index (κ3) is 5.72. The Morgan fingerprint density at radius 2 is 2.00 bits per heavy atom. The number of aryl methyl sites for hydroxylation is 1. The van der Waals surface area contributed by atoms with E-state index in [0.29, 0.717) is 5.69 Å². The van der Waals surface area contributed by atoms with E-state index in [1.165, 1.54) is 36.4 Å². The molecule has 1 unspecified atom stereocenters. The van der Waals surface area contributed by atoms with Crippen molar-refractivity contribution in [3.63, 3.8) is 0 Å². The monoisotopic (exact) mass is 456 g/mol. The molecule has 0 aliphatic carbocycles. The second-order valence-corrected chi connectivity index (χ2v) is 8.32. The average Bonchev–Trinajstić information content (AvgIpc) is 2.65. The fourth-order valence-corrected chi connectivity index (χ4v) is 4.00. The van der Waals surface area contributed by atoms with Crippen molar-refractivity contribution in [2.45, 2.75) is 24.3 Å². The second kappa shape index (κ2) is 9.61. The number of carbonyl (C=O) groups is 1. The zero-order valence-corrected chi connectivity index (χ0v) is 17.5. The van der Waals surface area contributed by atoms with Gasteiger partial charge in [-0.25, -0.2) is 13.9 Å². The van der Waals surface area contributed by atoms with Crippen molar-refractivity contribution in [1.29, 1.82) is 5.41 Å². The summed E-state index contributed by atoms with van der Waals surface area (Å²) in [5.74, 6) is -1.25. The molecule has 0 saturated heterocycles. The summed E-state index contributed by atoms with van der Waals surface area (Å²) in [5, 5.41) is 7.23. The molecule has 1 aromatic carbocycles. The van der Waals surface area contributed by atoms with Crippen molar-refractivity contribution >= 4 is 39.2 Å². The zero-order chi connectivity index (χ0) is 22.5. The van der Waals surface area contributed by atoms with Crippen LogP contribution in [0, 0.1) is 12.3 Å². The van der Waals surface area contributed by atoms with Crippen LogP contribution in [0.25, 0.3) is 0 Å². The molecule has 1 atom stereocenters. The Balaban J connectivity index is 2.36. The Bertz CT molecular complexity index is 1120. The van der Waals surface area contributed by atoms with Gasteiger partial charge in [-0.15, -0.1) is 0 Å². The zero-order valence-electron chi connectivity index (χ0n) is 15.9. The lowest BCUT2D eigenvalue weighted by atomic mass is 10.1. The van der Waals surface area contributed by atoms with Gasteiger partial charge in [0.1, 0.15) is 11.7 Å². The molecule has 0 spiro atoms. The molecule has 0 radical (unpaired) electrons. The summed E-state index contributed by atoms with van der Waals surface area (Å²) in [5.41, 5.74) is 12.0. The third-order valence-corrected chi connectivity index (χ3v) is 5.58. The number of sulfonamides is 1. The van der Waals surface area contributed by atoms with Gasteiger partial charge in [0.25, 0.3) is 15.6 Å². The van der Waals surface area contributed by atoms with Crippen molar-refractivity contribution in [1.82, 2.24) is 10.0 Å². The lowest BCUT2D eigenvalue weighted by Crippen LogP contribution is -2.38. The highest BCUT2D eigenvalue weighted by Gasteiger charge is 2.24. The van der Waals surface area contributed by atoms with Crippen LogP contribution in [-0.2, 0) is 19.7 Å². The maximum atomic E-state index is 12.9. The first kappa shape index (κ1) is 23.2. The summed E-state index contributed by atoms with van der Waals surface area (Å²) in [4.78, 5) is 29.7. The summed E-state index contributed by atoms with van der Waals surface area (Å²) in [7, 11) is -4.10. The van der Waals surface area contributed by atoms with Crippen LogP contribution < -0.4 is 27.2 Å². The van der Waals surface area contributed by atoms with Gasteiger partial charge in [0.2, 0.25) is 11.9 Å². The lowest BCUT2D eigenvalue weighted by Gasteiger charge is -2.20. The standard InChI is InChI=1S/C17H21ClN6O5S/c1-10-5-6-13(23-30(27,28)12-4-2-3-11(18)9-12)16(26)24(10)14(15(19)25)7-8-29-22-17(20)21/h2-6,9,14,23H,7-8H2,1H3,(H2,19,25)(H4,20,21,22). The lowest BCUT2D eigenvalue weighted by molar-refractivity contribution is -0.122. The molecule has 13 heteroatoms. The van der Waals surface area contributed by atoms with Crippen molar-refractivity contribution in [2.24, 2.45) is 11.5 Å². The molecule has 0 aliphatic rings. The third-order valence-electron chi connectivity index (χ3n) is 3.99. The molecular weight excluding hydrogens is 436 g/mol. The summed E-state index contributed by atoms with van der Waals surface area (Å²) in [6.45, 7) is 1.47. The number of hydrogen-bond donors (Lipinski definition) is 5. The van der Waals surface area contributed by atoms with Gasteiger partial charge in [0, 0.05) is 17.1 Å². The minimum absolute atomic E-state index is 0.0269. The molecule has 7 N–H and O–H groups in total. The number of hydrogen-bond acceptors (Lipinski definition) is 6. The molecule has 2 aromatic rings. The first-order chi connectivity index (χ1) is 14.0. The molecule has 1 aromatic heterocycles. The van der Waals surface area contributed by atoms with E-state index >= 15 is 0 Å². The SMILES string of the molecule is Cc1ccc(NS(=O)(=O)c2cccc(Cl)c2)c(=O)n1C(CCONC(=N)N)C(N)=O. The fourth-order valence-electron chi connectivity index (χ4n) is 2.65. The molecule has 1 amide bonds. The van der Waals surface area contributed by atoms with E-state index in [9.17, 15) is 18.0 Å². The highest BCUT2D eigenvalue weighted by atomic mass is 35.5. The first-order valence-corrected chi connectivity index (χ1v) is 10.4. The van der Waals surface area contributed by atoms with Crippen molar-refractivity contribution < 1.29 is 18.0 Å². The number of anilines is 1. The Kier molecular flexibility index (Phi) is 7.43. The van der Waals surface area contributed by atoms with Gasteiger partial charge in [-0.05, 0) is 37.3 Å². The number of amides is 1.